The Hall–Kier alpha value is -0.210. The quantitative estimate of drug-likeness (QED) is 0.757. The van der Waals surface area contributed by atoms with Crippen LogP contribution in [0.25, 0.3) is 0 Å². The molecule has 21 heavy (non-hydrogen) atoms. The topological polar surface area (TPSA) is 84.7 Å². The molecule has 2 atom stereocenters. The monoisotopic (exact) mass is 319 g/mol. The SMILES string of the molecule is C[C@@H]1CO[C@@H](C)CN1S(=O)(=O)NCC1(N)CCCCCC1. The van der Waals surface area contributed by atoms with Crippen molar-refractivity contribution >= 4 is 10.2 Å². The minimum absolute atomic E-state index is 0.0671. The molecule has 0 aromatic heterocycles. The molecule has 0 bridgehead atoms. The summed E-state index contributed by atoms with van der Waals surface area (Å²) in [7, 11) is -3.49. The van der Waals surface area contributed by atoms with Crippen LogP contribution in [0.1, 0.15) is 52.4 Å². The van der Waals surface area contributed by atoms with Crippen molar-refractivity contribution in [1.82, 2.24) is 9.03 Å². The molecule has 7 heteroatoms. The predicted octanol–water partition coefficient (Wildman–Crippen LogP) is 0.982. The number of ether oxygens (including phenoxy) is 1. The van der Waals surface area contributed by atoms with Crippen LogP contribution in [0.3, 0.4) is 0 Å². The first-order valence-corrected chi connectivity index (χ1v) is 9.43. The fourth-order valence-electron chi connectivity index (χ4n) is 3.14. The van der Waals surface area contributed by atoms with E-state index in [0.29, 0.717) is 19.7 Å². The Balaban J connectivity index is 1.96. The minimum atomic E-state index is -3.49. The van der Waals surface area contributed by atoms with Gasteiger partial charge in [0.2, 0.25) is 0 Å². The summed E-state index contributed by atoms with van der Waals surface area (Å²) in [5.41, 5.74) is 5.99. The fraction of sp³-hybridized carbons (Fsp3) is 1.00. The van der Waals surface area contributed by atoms with Gasteiger partial charge < -0.3 is 10.5 Å². The second-order valence-corrected chi connectivity index (χ2v) is 8.37. The second kappa shape index (κ2) is 6.91. The summed E-state index contributed by atoms with van der Waals surface area (Å²) >= 11 is 0. The molecule has 124 valence electrons. The first-order chi connectivity index (χ1) is 9.82. The molecule has 1 saturated heterocycles. The molecular formula is C14H29N3O3S. The number of nitrogens with one attached hydrogen (secondary N) is 1. The van der Waals surface area contributed by atoms with Gasteiger partial charge in [0.1, 0.15) is 0 Å². The lowest BCUT2D eigenvalue weighted by atomic mass is 9.92. The molecule has 0 amide bonds. The van der Waals surface area contributed by atoms with Crippen molar-refractivity contribution < 1.29 is 13.2 Å². The van der Waals surface area contributed by atoms with Crippen molar-refractivity contribution in [2.75, 3.05) is 19.7 Å². The van der Waals surface area contributed by atoms with Crippen LogP contribution in [0.15, 0.2) is 0 Å². The van der Waals surface area contributed by atoms with Crippen molar-refractivity contribution in [2.24, 2.45) is 5.73 Å². The molecule has 6 nitrogen and oxygen atoms in total. The minimum Gasteiger partial charge on any atom is -0.375 e. The van der Waals surface area contributed by atoms with Gasteiger partial charge in [0.05, 0.1) is 12.7 Å². The lowest BCUT2D eigenvalue weighted by molar-refractivity contribution is -0.0175. The van der Waals surface area contributed by atoms with Gasteiger partial charge in [-0.2, -0.15) is 12.7 Å². The zero-order valence-corrected chi connectivity index (χ0v) is 14.0. The number of nitrogens with zero attached hydrogens (tertiary/aromatic N) is 1. The first kappa shape index (κ1) is 17.1. The Morgan fingerprint density at radius 1 is 1.24 bits per heavy atom. The van der Waals surface area contributed by atoms with E-state index in [9.17, 15) is 8.42 Å². The lowest BCUT2D eigenvalue weighted by Gasteiger charge is -2.37. The van der Waals surface area contributed by atoms with Crippen molar-refractivity contribution in [2.45, 2.75) is 70.1 Å². The fourth-order valence-corrected chi connectivity index (χ4v) is 4.71. The molecule has 1 heterocycles. The van der Waals surface area contributed by atoms with Gasteiger partial charge in [-0.25, -0.2) is 4.72 Å². The van der Waals surface area contributed by atoms with E-state index in [1.807, 2.05) is 13.8 Å². The van der Waals surface area contributed by atoms with E-state index in [4.69, 9.17) is 10.5 Å². The van der Waals surface area contributed by atoms with Gasteiger partial charge in [-0.1, -0.05) is 25.7 Å². The lowest BCUT2D eigenvalue weighted by Crippen LogP contribution is -2.57. The zero-order valence-electron chi connectivity index (χ0n) is 13.2. The molecule has 2 fully saturated rings. The zero-order chi connectivity index (χ0) is 15.5. The van der Waals surface area contributed by atoms with Crippen molar-refractivity contribution in [3.63, 3.8) is 0 Å². The van der Waals surface area contributed by atoms with Crippen LogP contribution in [0.2, 0.25) is 0 Å². The van der Waals surface area contributed by atoms with Gasteiger partial charge in [-0.3, -0.25) is 0 Å². The third-order valence-electron chi connectivity index (χ3n) is 4.57. The molecule has 0 aromatic rings. The third kappa shape index (κ3) is 4.63. The van der Waals surface area contributed by atoms with Gasteiger partial charge in [0.25, 0.3) is 10.2 Å². The maximum atomic E-state index is 12.5. The van der Waals surface area contributed by atoms with E-state index in [1.54, 1.807) is 0 Å². The standard InChI is InChI=1S/C14H29N3O3S/c1-12-10-20-13(2)9-17(12)21(18,19)16-11-14(15)7-5-3-4-6-8-14/h12-13,16H,3-11,15H2,1-2H3/t12-,13+/m1/s1. The summed E-state index contributed by atoms with van der Waals surface area (Å²) in [4.78, 5) is 0. The van der Waals surface area contributed by atoms with Gasteiger partial charge in [0.15, 0.2) is 0 Å². The molecule has 1 aliphatic carbocycles. The smallest absolute Gasteiger partial charge is 0.279 e. The maximum Gasteiger partial charge on any atom is 0.279 e. The molecule has 0 aromatic carbocycles. The summed E-state index contributed by atoms with van der Waals surface area (Å²) in [6, 6.07) is -0.137. The van der Waals surface area contributed by atoms with Crippen LogP contribution in [-0.2, 0) is 14.9 Å². The molecule has 3 N–H and O–H groups in total. The van der Waals surface area contributed by atoms with Crippen LogP contribution < -0.4 is 10.5 Å². The number of hydrogen-bond acceptors (Lipinski definition) is 4. The molecule has 1 aliphatic heterocycles. The number of nitrogens with two attached hydrogens (primary N) is 1. The van der Waals surface area contributed by atoms with Gasteiger partial charge in [-0.15, -0.1) is 0 Å². The third-order valence-corrected chi connectivity index (χ3v) is 6.20. The Labute approximate surface area is 128 Å². The molecule has 0 unspecified atom stereocenters. The molecule has 0 radical (unpaired) electrons. The first-order valence-electron chi connectivity index (χ1n) is 7.99. The Kier molecular flexibility index (Phi) is 5.65. The van der Waals surface area contributed by atoms with Gasteiger partial charge in [0, 0.05) is 24.7 Å². The van der Waals surface area contributed by atoms with Crippen molar-refractivity contribution in [3.05, 3.63) is 0 Å². The van der Waals surface area contributed by atoms with Crippen LogP contribution in [-0.4, -0.2) is 50.1 Å². The van der Waals surface area contributed by atoms with E-state index in [2.05, 4.69) is 4.72 Å². The molecule has 2 aliphatic rings. The molecule has 1 saturated carbocycles. The number of hydrogen-bond donors (Lipinski definition) is 2. The second-order valence-electron chi connectivity index (χ2n) is 6.67. The number of morpholine rings is 1. The Bertz CT molecular complexity index is 433. The van der Waals surface area contributed by atoms with Crippen LogP contribution in [0.5, 0.6) is 0 Å². The van der Waals surface area contributed by atoms with E-state index in [1.165, 1.54) is 17.1 Å². The highest BCUT2D eigenvalue weighted by Gasteiger charge is 2.35. The normalized spacial score (nSPS) is 31.8. The molecular weight excluding hydrogens is 290 g/mol. The van der Waals surface area contributed by atoms with Gasteiger partial charge in [-0.05, 0) is 26.7 Å². The maximum absolute atomic E-state index is 12.5. The Morgan fingerprint density at radius 2 is 1.86 bits per heavy atom. The van der Waals surface area contributed by atoms with E-state index in [-0.39, 0.29) is 12.1 Å². The van der Waals surface area contributed by atoms with E-state index in [0.717, 1.165) is 25.7 Å². The highest BCUT2D eigenvalue weighted by molar-refractivity contribution is 7.87. The van der Waals surface area contributed by atoms with Crippen molar-refractivity contribution in [1.29, 1.82) is 0 Å². The summed E-state index contributed by atoms with van der Waals surface area (Å²) in [5.74, 6) is 0. The summed E-state index contributed by atoms with van der Waals surface area (Å²) in [5, 5.41) is 0. The number of rotatable bonds is 4. The highest BCUT2D eigenvalue weighted by atomic mass is 32.2. The molecule has 0 spiro atoms. The van der Waals surface area contributed by atoms with E-state index >= 15 is 0 Å². The largest absolute Gasteiger partial charge is 0.375 e. The van der Waals surface area contributed by atoms with Gasteiger partial charge >= 0.3 is 0 Å². The predicted molar refractivity (Wildman–Crippen MR) is 83.1 cm³/mol. The average molecular weight is 319 g/mol. The highest BCUT2D eigenvalue weighted by Crippen LogP contribution is 2.25. The Morgan fingerprint density at radius 3 is 2.48 bits per heavy atom. The summed E-state index contributed by atoms with van der Waals surface area (Å²) in [6.45, 7) is 4.93. The summed E-state index contributed by atoms with van der Waals surface area (Å²) in [6.07, 6.45) is 6.29. The summed E-state index contributed by atoms with van der Waals surface area (Å²) < 4.78 is 34.8. The molecule has 2 rings (SSSR count). The average Bonchev–Trinajstić information content (AvgIpc) is 2.65. The van der Waals surface area contributed by atoms with Crippen molar-refractivity contribution in [3.8, 4) is 0 Å². The van der Waals surface area contributed by atoms with E-state index < -0.39 is 15.7 Å². The van der Waals surface area contributed by atoms with Crippen LogP contribution >= 0.6 is 0 Å². The van der Waals surface area contributed by atoms with Crippen LogP contribution in [0.4, 0.5) is 0 Å². The van der Waals surface area contributed by atoms with Crippen LogP contribution in [0, 0.1) is 0 Å².